The van der Waals surface area contributed by atoms with E-state index in [0.717, 1.165) is 24.2 Å². The Labute approximate surface area is 207 Å². The largest absolute Gasteiger partial charge is 0.494 e. The van der Waals surface area contributed by atoms with Gasteiger partial charge < -0.3 is 14.8 Å². The van der Waals surface area contributed by atoms with Crippen LogP contribution in [0.2, 0.25) is 0 Å². The van der Waals surface area contributed by atoms with Crippen LogP contribution in [0.3, 0.4) is 0 Å². The lowest BCUT2D eigenvalue weighted by molar-refractivity contribution is -0.112. The number of esters is 1. The van der Waals surface area contributed by atoms with Crippen molar-refractivity contribution in [2.45, 2.75) is 26.7 Å². The number of carbonyl (C=O) groups excluding carboxylic acids is 2. The maximum Gasteiger partial charge on any atom is 0.341 e. The molecule has 1 heterocycles. The van der Waals surface area contributed by atoms with Crippen molar-refractivity contribution in [2.75, 3.05) is 18.5 Å². The number of amides is 1. The van der Waals surface area contributed by atoms with E-state index in [4.69, 9.17) is 9.47 Å². The number of carbonyl (C=O) groups is 2. The van der Waals surface area contributed by atoms with Crippen LogP contribution in [0.1, 0.15) is 42.6 Å². The molecule has 0 aliphatic rings. The SMILES string of the molecule is CCCCOc1ccc(C=C(C#N)C(=O)Nc2scc(-c3ccc(F)cc3)c2C(=O)OCC)cc1. The van der Waals surface area contributed by atoms with Crippen molar-refractivity contribution in [1.29, 1.82) is 5.26 Å². The van der Waals surface area contributed by atoms with Crippen LogP contribution in [0, 0.1) is 17.1 Å². The smallest absolute Gasteiger partial charge is 0.341 e. The number of hydrogen-bond acceptors (Lipinski definition) is 6. The molecule has 0 aliphatic heterocycles. The molecule has 0 aliphatic carbocycles. The van der Waals surface area contributed by atoms with Crippen molar-refractivity contribution in [2.24, 2.45) is 0 Å². The topological polar surface area (TPSA) is 88.4 Å². The van der Waals surface area contributed by atoms with Crippen LogP contribution in [-0.2, 0) is 9.53 Å². The number of anilines is 1. The summed E-state index contributed by atoms with van der Waals surface area (Å²) in [6, 6.07) is 14.6. The number of nitrogens with one attached hydrogen (secondary N) is 1. The molecule has 0 bridgehead atoms. The first-order chi connectivity index (χ1) is 17.0. The number of halogens is 1. The minimum atomic E-state index is -0.658. The second-order valence-corrected chi connectivity index (χ2v) is 8.36. The van der Waals surface area contributed by atoms with Gasteiger partial charge >= 0.3 is 5.97 Å². The van der Waals surface area contributed by atoms with Gasteiger partial charge in [-0.15, -0.1) is 11.3 Å². The Morgan fingerprint density at radius 1 is 1.11 bits per heavy atom. The number of ether oxygens (including phenoxy) is 2. The number of rotatable bonds is 10. The summed E-state index contributed by atoms with van der Waals surface area (Å²) in [6.07, 6.45) is 3.46. The van der Waals surface area contributed by atoms with Crippen molar-refractivity contribution in [3.05, 3.63) is 76.4 Å². The van der Waals surface area contributed by atoms with Crippen LogP contribution < -0.4 is 10.1 Å². The van der Waals surface area contributed by atoms with Crippen molar-refractivity contribution >= 4 is 34.3 Å². The molecule has 1 amide bonds. The molecule has 3 rings (SSSR count). The molecule has 0 fully saturated rings. The summed E-state index contributed by atoms with van der Waals surface area (Å²) < 4.78 is 24.2. The van der Waals surface area contributed by atoms with Crippen molar-refractivity contribution in [3.63, 3.8) is 0 Å². The van der Waals surface area contributed by atoms with Gasteiger partial charge in [0.2, 0.25) is 0 Å². The van der Waals surface area contributed by atoms with Crippen molar-refractivity contribution in [1.82, 2.24) is 0 Å². The number of benzene rings is 2. The average Bonchev–Trinajstić information content (AvgIpc) is 3.27. The molecule has 180 valence electrons. The molecule has 2 aromatic carbocycles. The molecule has 0 saturated heterocycles. The predicted molar refractivity (Wildman–Crippen MR) is 135 cm³/mol. The summed E-state index contributed by atoms with van der Waals surface area (Å²) in [6.45, 7) is 4.53. The third-order valence-electron chi connectivity index (χ3n) is 4.98. The quantitative estimate of drug-likeness (QED) is 0.152. The summed E-state index contributed by atoms with van der Waals surface area (Å²) in [4.78, 5) is 25.6. The summed E-state index contributed by atoms with van der Waals surface area (Å²) in [5.41, 5.74) is 1.79. The highest BCUT2D eigenvalue weighted by Crippen LogP contribution is 2.36. The molecule has 0 radical (unpaired) electrons. The fourth-order valence-electron chi connectivity index (χ4n) is 3.18. The van der Waals surface area contributed by atoms with Gasteiger partial charge in [0.15, 0.2) is 0 Å². The van der Waals surface area contributed by atoms with E-state index in [1.807, 2.05) is 6.07 Å². The average molecular weight is 493 g/mol. The van der Waals surface area contributed by atoms with Crippen LogP contribution >= 0.6 is 11.3 Å². The normalized spacial score (nSPS) is 11.0. The molecule has 3 aromatic rings. The van der Waals surface area contributed by atoms with Crippen molar-refractivity contribution in [3.8, 4) is 22.9 Å². The lowest BCUT2D eigenvalue weighted by Crippen LogP contribution is -2.16. The van der Waals surface area contributed by atoms with Gasteiger partial charge in [-0.25, -0.2) is 9.18 Å². The highest BCUT2D eigenvalue weighted by atomic mass is 32.1. The van der Waals surface area contributed by atoms with Gasteiger partial charge in [0.25, 0.3) is 5.91 Å². The minimum absolute atomic E-state index is 0.129. The van der Waals surface area contributed by atoms with Gasteiger partial charge in [-0.05, 0) is 54.8 Å². The maximum absolute atomic E-state index is 13.4. The minimum Gasteiger partial charge on any atom is -0.494 e. The Balaban J connectivity index is 1.84. The first kappa shape index (κ1) is 25.7. The Morgan fingerprint density at radius 3 is 2.46 bits per heavy atom. The van der Waals surface area contributed by atoms with E-state index >= 15 is 0 Å². The molecule has 1 aromatic heterocycles. The van der Waals surface area contributed by atoms with Gasteiger partial charge in [-0.3, -0.25) is 4.79 Å². The molecular weight excluding hydrogens is 467 g/mol. The molecule has 0 unspecified atom stereocenters. The standard InChI is InChI=1S/C27H25FN2O4S/c1-3-5-14-34-22-12-6-18(7-13-22)15-20(16-29)25(31)30-26-24(27(32)33-4-2)23(17-35-26)19-8-10-21(28)11-9-19/h6-13,15,17H,3-5,14H2,1-2H3,(H,30,31). The van der Waals surface area contributed by atoms with Gasteiger partial charge in [-0.2, -0.15) is 5.26 Å². The Morgan fingerprint density at radius 2 is 1.83 bits per heavy atom. The van der Waals surface area contributed by atoms with E-state index < -0.39 is 17.7 Å². The lowest BCUT2D eigenvalue weighted by atomic mass is 10.0. The Hall–Kier alpha value is -3.96. The van der Waals surface area contributed by atoms with E-state index in [1.54, 1.807) is 48.7 Å². The summed E-state index contributed by atoms with van der Waals surface area (Å²) >= 11 is 1.12. The van der Waals surface area contributed by atoms with Gasteiger partial charge in [0, 0.05) is 10.9 Å². The molecule has 6 nitrogen and oxygen atoms in total. The van der Waals surface area contributed by atoms with E-state index in [-0.39, 0.29) is 22.7 Å². The molecular formula is C27H25FN2O4S. The fraction of sp³-hybridized carbons (Fsp3) is 0.222. The summed E-state index contributed by atoms with van der Waals surface area (Å²) in [7, 11) is 0. The number of hydrogen-bond donors (Lipinski definition) is 1. The zero-order chi connectivity index (χ0) is 25.2. The summed E-state index contributed by atoms with van der Waals surface area (Å²) in [5.74, 6) is -0.970. The second-order valence-electron chi connectivity index (χ2n) is 7.48. The van der Waals surface area contributed by atoms with Crippen LogP contribution in [0.25, 0.3) is 17.2 Å². The Kier molecular flexibility index (Phi) is 9.16. The maximum atomic E-state index is 13.4. The zero-order valence-electron chi connectivity index (χ0n) is 19.5. The summed E-state index contributed by atoms with van der Waals surface area (Å²) in [5, 5.41) is 14.2. The number of nitrogens with zero attached hydrogens (tertiary/aromatic N) is 1. The molecule has 1 N–H and O–H groups in total. The van der Waals surface area contributed by atoms with Gasteiger partial charge in [0.05, 0.1) is 13.2 Å². The third-order valence-corrected chi connectivity index (χ3v) is 5.87. The molecule has 8 heteroatoms. The van der Waals surface area contributed by atoms with Crippen LogP contribution in [0.4, 0.5) is 9.39 Å². The second kappa shape index (κ2) is 12.5. The van der Waals surface area contributed by atoms with E-state index in [9.17, 15) is 19.2 Å². The fourth-order valence-corrected chi connectivity index (χ4v) is 4.13. The lowest BCUT2D eigenvalue weighted by Gasteiger charge is -2.09. The van der Waals surface area contributed by atoms with E-state index in [1.165, 1.54) is 18.2 Å². The van der Waals surface area contributed by atoms with E-state index in [0.29, 0.717) is 29.0 Å². The highest BCUT2D eigenvalue weighted by Gasteiger charge is 2.23. The van der Waals surface area contributed by atoms with Crippen LogP contribution in [0.15, 0.2) is 59.5 Å². The number of nitriles is 1. The highest BCUT2D eigenvalue weighted by molar-refractivity contribution is 7.15. The molecule has 0 saturated carbocycles. The predicted octanol–water partition coefficient (Wildman–Crippen LogP) is 6.46. The molecule has 0 spiro atoms. The monoisotopic (exact) mass is 492 g/mol. The first-order valence-corrected chi connectivity index (χ1v) is 12.0. The molecule has 35 heavy (non-hydrogen) atoms. The van der Waals surface area contributed by atoms with Crippen LogP contribution in [-0.4, -0.2) is 25.1 Å². The zero-order valence-corrected chi connectivity index (χ0v) is 20.3. The Bertz CT molecular complexity index is 1240. The first-order valence-electron chi connectivity index (χ1n) is 11.2. The van der Waals surface area contributed by atoms with Crippen LogP contribution in [0.5, 0.6) is 5.75 Å². The number of unbranched alkanes of at least 4 members (excludes halogenated alkanes) is 1. The van der Waals surface area contributed by atoms with Gasteiger partial charge in [0.1, 0.15) is 33.8 Å². The number of thiophene rings is 1. The third kappa shape index (κ3) is 6.78. The van der Waals surface area contributed by atoms with Crippen molar-refractivity contribution < 1.29 is 23.5 Å². The van der Waals surface area contributed by atoms with Gasteiger partial charge in [-0.1, -0.05) is 37.6 Å². The van der Waals surface area contributed by atoms with E-state index in [2.05, 4.69) is 12.2 Å². The molecule has 0 atom stereocenters.